The van der Waals surface area contributed by atoms with Crippen LogP contribution in [0.3, 0.4) is 0 Å². The van der Waals surface area contributed by atoms with Crippen LogP contribution in [0.4, 0.5) is 0 Å². The number of rotatable bonds is 17. The Morgan fingerprint density at radius 3 is 1.86 bits per heavy atom. The molecule has 0 radical (unpaired) electrons. The number of ether oxygens (including phenoxy) is 3. The Kier molecular flexibility index (Phi) is 13.9. The van der Waals surface area contributed by atoms with Crippen molar-refractivity contribution in [2.24, 2.45) is 28.6 Å². The van der Waals surface area contributed by atoms with Gasteiger partial charge in [-0.25, -0.2) is 0 Å². The van der Waals surface area contributed by atoms with Gasteiger partial charge in [-0.1, -0.05) is 72.6 Å². The van der Waals surface area contributed by atoms with Crippen molar-refractivity contribution in [2.45, 2.75) is 166 Å². The maximum absolute atomic E-state index is 13.4. The summed E-state index contributed by atoms with van der Waals surface area (Å²) in [5, 5.41) is 0. The highest BCUT2D eigenvalue weighted by atomic mass is 16.5. The molecule has 0 amide bonds. The molecule has 0 bridgehead atoms. The van der Waals surface area contributed by atoms with Crippen LogP contribution in [0, 0.1) is 49.4 Å². The fourth-order valence-electron chi connectivity index (χ4n) is 7.17. The average molecular weight is 615 g/mol. The molecule has 0 fully saturated rings. The van der Waals surface area contributed by atoms with Crippen LogP contribution in [-0.4, -0.2) is 24.6 Å². The van der Waals surface area contributed by atoms with Gasteiger partial charge >= 0.3 is 11.9 Å². The van der Waals surface area contributed by atoms with Crippen molar-refractivity contribution in [1.82, 2.24) is 0 Å². The lowest BCUT2D eigenvalue weighted by atomic mass is 9.75. The first-order chi connectivity index (χ1) is 20.3. The minimum atomic E-state index is -0.863. The third kappa shape index (κ3) is 10.5. The van der Waals surface area contributed by atoms with Crippen molar-refractivity contribution in [1.29, 1.82) is 0 Å². The molecule has 44 heavy (non-hydrogen) atoms. The summed E-state index contributed by atoms with van der Waals surface area (Å²) in [6.07, 6.45) is 13.8. The van der Waals surface area contributed by atoms with Crippen LogP contribution < -0.4 is 9.47 Å². The van der Waals surface area contributed by atoms with Crippen molar-refractivity contribution in [3.63, 3.8) is 0 Å². The maximum atomic E-state index is 13.4. The maximum Gasteiger partial charge on any atom is 0.316 e. The van der Waals surface area contributed by atoms with Crippen LogP contribution in [0.25, 0.3) is 0 Å². The number of carbonyl (C=O) groups is 2. The molecular formula is C39H66O5. The number of fused-ring (bicyclic) bond motifs is 1. The standard InChI is InChI=1S/C39H66O5/c1-26(2)17-14-18-27(3)19-15-20-28(4)21-16-23-39(12)24-22-32-31(7)33(29(5)30(6)34(32)44-39)43-36(41)38(10,11)25-37(8,9)35(40)42-13/h26-28H,14-25H2,1-13H3/t27?,28?,39-/m0/s1. The molecule has 0 aliphatic carbocycles. The van der Waals surface area contributed by atoms with Crippen LogP contribution in [0.2, 0.25) is 0 Å². The van der Waals surface area contributed by atoms with Gasteiger partial charge in [0.15, 0.2) is 0 Å². The minimum Gasteiger partial charge on any atom is -0.487 e. The Hall–Kier alpha value is -2.04. The van der Waals surface area contributed by atoms with E-state index in [1.807, 2.05) is 27.7 Å². The van der Waals surface area contributed by atoms with Gasteiger partial charge in [-0.3, -0.25) is 9.59 Å². The van der Waals surface area contributed by atoms with Gasteiger partial charge in [0.25, 0.3) is 0 Å². The number of hydrogen-bond donors (Lipinski definition) is 0. The predicted molar refractivity (Wildman–Crippen MR) is 183 cm³/mol. The van der Waals surface area contributed by atoms with Crippen LogP contribution >= 0.6 is 0 Å². The summed E-state index contributed by atoms with van der Waals surface area (Å²) in [5.41, 5.74) is 2.27. The van der Waals surface area contributed by atoms with Gasteiger partial charge in [0, 0.05) is 5.56 Å². The number of carbonyl (C=O) groups excluding carboxylic acids is 2. The van der Waals surface area contributed by atoms with Gasteiger partial charge in [-0.2, -0.15) is 0 Å². The molecule has 0 N–H and O–H groups in total. The van der Waals surface area contributed by atoms with Gasteiger partial charge < -0.3 is 14.2 Å². The van der Waals surface area contributed by atoms with Crippen LogP contribution in [0.15, 0.2) is 0 Å². The minimum absolute atomic E-state index is 0.180. The molecular weight excluding hydrogens is 548 g/mol. The van der Waals surface area contributed by atoms with Crippen molar-refractivity contribution in [3.05, 3.63) is 22.3 Å². The number of benzene rings is 1. The highest BCUT2D eigenvalue weighted by molar-refractivity contribution is 5.82. The normalized spacial score (nSPS) is 18.4. The fourth-order valence-corrected chi connectivity index (χ4v) is 7.17. The summed E-state index contributed by atoms with van der Waals surface area (Å²) in [7, 11) is 1.38. The van der Waals surface area contributed by atoms with Crippen LogP contribution in [0.5, 0.6) is 11.5 Å². The number of esters is 2. The van der Waals surface area contributed by atoms with E-state index >= 15 is 0 Å². The van der Waals surface area contributed by atoms with Crippen molar-refractivity contribution in [3.8, 4) is 11.5 Å². The lowest BCUT2D eigenvalue weighted by Crippen LogP contribution is -2.38. The molecule has 2 rings (SSSR count). The van der Waals surface area contributed by atoms with E-state index in [-0.39, 0.29) is 17.5 Å². The van der Waals surface area contributed by atoms with E-state index in [1.54, 1.807) is 13.8 Å². The molecule has 0 saturated carbocycles. The predicted octanol–water partition coefficient (Wildman–Crippen LogP) is 10.7. The Balaban J connectivity index is 1.99. The topological polar surface area (TPSA) is 61.8 Å². The Bertz CT molecular complexity index is 1110. The second-order valence-corrected chi connectivity index (χ2v) is 16.2. The summed E-state index contributed by atoms with van der Waals surface area (Å²) < 4.78 is 17.9. The molecule has 1 aliphatic rings. The first-order valence-electron chi connectivity index (χ1n) is 17.5. The second kappa shape index (κ2) is 16.0. The summed E-state index contributed by atoms with van der Waals surface area (Å²) >= 11 is 0. The van der Waals surface area contributed by atoms with Gasteiger partial charge in [0.2, 0.25) is 0 Å². The van der Waals surface area contributed by atoms with Gasteiger partial charge in [0.05, 0.1) is 17.9 Å². The largest absolute Gasteiger partial charge is 0.487 e. The zero-order chi connectivity index (χ0) is 33.5. The van der Waals surface area contributed by atoms with Crippen molar-refractivity contribution >= 4 is 11.9 Å². The van der Waals surface area contributed by atoms with E-state index in [0.29, 0.717) is 12.2 Å². The zero-order valence-electron chi connectivity index (χ0n) is 30.8. The molecule has 5 heteroatoms. The SMILES string of the molecule is COC(=O)C(C)(C)CC(C)(C)C(=O)Oc1c(C)c(C)c2c(c1C)CC[C@](C)(CCCC(C)CCCC(C)CCCC(C)C)O2. The molecule has 5 nitrogen and oxygen atoms in total. The number of hydrogen-bond acceptors (Lipinski definition) is 5. The second-order valence-electron chi connectivity index (χ2n) is 16.2. The molecule has 0 saturated heterocycles. The quantitative estimate of drug-likeness (QED) is 0.129. The Labute approximate surface area is 270 Å². The lowest BCUT2D eigenvalue weighted by molar-refractivity contribution is -0.155. The molecule has 0 aromatic heterocycles. The summed E-state index contributed by atoms with van der Waals surface area (Å²) in [6, 6.07) is 0. The molecule has 1 heterocycles. The third-order valence-corrected chi connectivity index (χ3v) is 10.2. The zero-order valence-corrected chi connectivity index (χ0v) is 30.8. The van der Waals surface area contributed by atoms with Crippen molar-refractivity contribution in [2.75, 3.05) is 7.11 Å². The average Bonchev–Trinajstić information content (AvgIpc) is 2.92. The van der Waals surface area contributed by atoms with Crippen LogP contribution in [-0.2, 0) is 20.7 Å². The monoisotopic (exact) mass is 614 g/mol. The smallest absolute Gasteiger partial charge is 0.316 e. The van der Waals surface area contributed by atoms with Gasteiger partial charge in [-0.15, -0.1) is 0 Å². The summed E-state index contributed by atoms with van der Waals surface area (Å²) in [5.74, 6) is 3.36. The molecule has 1 aromatic carbocycles. The van der Waals surface area contributed by atoms with E-state index in [9.17, 15) is 9.59 Å². The van der Waals surface area contributed by atoms with Crippen molar-refractivity contribution < 1.29 is 23.8 Å². The van der Waals surface area contributed by atoms with Crippen LogP contribution in [0.1, 0.15) is 155 Å². The fraction of sp³-hybridized carbons (Fsp3) is 0.795. The third-order valence-electron chi connectivity index (χ3n) is 10.2. The summed E-state index contributed by atoms with van der Waals surface area (Å²) in [4.78, 5) is 25.7. The van der Waals surface area contributed by atoms with E-state index in [2.05, 4.69) is 41.5 Å². The molecule has 2 unspecified atom stereocenters. The van der Waals surface area contributed by atoms with Gasteiger partial charge in [0.1, 0.15) is 17.1 Å². The number of methoxy groups -OCH3 is 1. The Morgan fingerprint density at radius 1 is 0.795 bits per heavy atom. The molecule has 252 valence electrons. The highest BCUT2D eigenvalue weighted by Gasteiger charge is 2.42. The summed E-state index contributed by atoms with van der Waals surface area (Å²) in [6.45, 7) is 25.2. The first-order valence-corrected chi connectivity index (χ1v) is 17.5. The molecule has 3 atom stereocenters. The molecule has 1 aliphatic heterocycles. The van der Waals surface area contributed by atoms with E-state index in [0.717, 1.165) is 65.0 Å². The highest BCUT2D eigenvalue weighted by Crippen LogP contribution is 2.46. The van der Waals surface area contributed by atoms with E-state index in [1.165, 1.54) is 58.5 Å². The molecule has 1 aromatic rings. The molecule has 0 spiro atoms. The first kappa shape index (κ1) is 38.1. The van der Waals surface area contributed by atoms with Gasteiger partial charge in [-0.05, 0) is 122 Å². The lowest BCUT2D eigenvalue weighted by Gasteiger charge is -2.38. The van der Waals surface area contributed by atoms with E-state index in [4.69, 9.17) is 14.2 Å². The van der Waals surface area contributed by atoms with E-state index < -0.39 is 10.8 Å². The Morgan fingerprint density at radius 2 is 1.32 bits per heavy atom.